The molecule has 2 atom stereocenters. The zero-order valence-corrected chi connectivity index (χ0v) is 18.2. The van der Waals surface area contributed by atoms with Gasteiger partial charge >= 0.3 is 0 Å². The summed E-state index contributed by atoms with van der Waals surface area (Å²) in [6, 6.07) is 16.0. The predicted molar refractivity (Wildman–Crippen MR) is 119 cm³/mol. The maximum absolute atomic E-state index is 12.4. The van der Waals surface area contributed by atoms with Crippen LogP contribution in [0, 0.1) is 12.8 Å². The van der Waals surface area contributed by atoms with Gasteiger partial charge < -0.3 is 10.1 Å². The molecular weight excluding hydrogens is 376 g/mol. The van der Waals surface area contributed by atoms with Crippen LogP contribution in [0.4, 0.5) is 0 Å². The van der Waals surface area contributed by atoms with E-state index in [-0.39, 0.29) is 30.6 Å². The number of benzene rings is 2. The fourth-order valence-electron chi connectivity index (χ4n) is 4.25. The molecule has 0 saturated carbocycles. The van der Waals surface area contributed by atoms with Crippen molar-refractivity contribution in [3.63, 3.8) is 0 Å². The number of methoxy groups -OCH3 is 1. The van der Waals surface area contributed by atoms with E-state index in [1.165, 1.54) is 5.56 Å². The first kappa shape index (κ1) is 22.0. The standard InChI is InChI=1S/C25H32N2O3/c1-18-6-8-19(9-7-18)23(28)14-15-24(29)26-17-21-5-4-16-27(2)25(21)20-10-12-22(30-3)13-11-20/h6-13,21,25H,4-5,14-17H2,1-3H3,(H,26,29). The third-order valence-electron chi connectivity index (χ3n) is 5.98. The molecule has 0 radical (unpaired) electrons. The maximum Gasteiger partial charge on any atom is 0.220 e. The van der Waals surface area contributed by atoms with Crippen LogP contribution in [0.5, 0.6) is 5.75 Å². The summed E-state index contributed by atoms with van der Waals surface area (Å²) in [6.45, 7) is 3.66. The third kappa shape index (κ3) is 5.70. The Bertz CT molecular complexity index is 846. The summed E-state index contributed by atoms with van der Waals surface area (Å²) in [6.07, 6.45) is 2.66. The van der Waals surface area contributed by atoms with Crippen molar-refractivity contribution in [3.8, 4) is 5.75 Å². The molecule has 1 fully saturated rings. The number of Topliss-reactive ketones (excluding diaryl/α,β-unsaturated/α-hetero) is 1. The zero-order chi connectivity index (χ0) is 21.5. The van der Waals surface area contributed by atoms with Gasteiger partial charge in [0, 0.05) is 31.0 Å². The molecule has 0 spiro atoms. The molecule has 0 bridgehead atoms. The molecule has 1 saturated heterocycles. The molecule has 1 N–H and O–H groups in total. The zero-order valence-electron chi connectivity index (χ0n) is 18.2. The summed E-state index contributed by atoms with van der Waals surface area (Å²) in [4.78, 5) is 27.1. The second-order valence-corrected chi connectivity index (χ2v) is 8.19. The average Bonchev–Trinajstić information content (AvgIpc) is 2.76. The molecule has 2 aromatic carbocycles. The number of amides is 1. The minimum atomic E-state index is -0.0582. The highest BCUT2D eigenvalue weighted by Crippen LogP contribution is 2.35. The molecule has 160 valence electrons. The number of rotatable bonds is 8. The van der Waals surface area contributed by atoms with Crippen LogP contribution in [0.2, 0.25) is 0 Å². The third-order valence-corrected chi connectivity index (χ3v) is 5.98. The number of carbonyl (C=O) groups excluding carboxylic acids is 2. The Labute approximate surface area is 179 Å². The minimum absolute atomic E-state index is 0.0126. The van der Waals surface area contributed by atoms with Crippen LogP contribution in [-0.4, -0.2) is 43.8 Å². The van der Waals surface area contributed by atoms with E-state index >= 15 is 0 Å². The van der Waals surface area contributed by atoms with E-state index in [9.17, 15) is 9.59 Å². The van der Waals surface area contributed by atoms with Gasteiger partial charge in [-0.3, -0.25) is 14.5 Å². The number of carbonyl (C=O) groups is 2. The number of piperidine rings is 1. The van der Waals surface area contributed by atoms with Crippen molar-refractivity contribution in [2.24, 2.45) is 5.92 Å². The Morgan fingerprint density at radius 1 is 1.07 bits per heavy atom. The number of hydrogen-bond acceptors (Lipinski definition) is 4. The second kappa shape index (κ2) is 10.4. The van der Waals surface area contributed by atoms with Crippen LogP contribution in [0.25, 0.3) is 0 Å². The topological polar surface area (TPSA) is 58.6 Å². The number of nitrogens with one attached hydrogen (secondary N) is 1. The van der Waals surface area contributed by atoms with E-state index in [4.69, 9.17) is 4.74 Å². The monoisotopic (exact) mass is 408 g/mol. The van der Waals surface area contributed by atoms with Gasteiger partial charge in [-0.25, -0.2) is 0 Å². The molecular formula is C25H32N2O3. The molecule has 1 aliphatic heterocycles. The van der Waals surface area contributed by atoms with Crippen molar-refractivity contribution in [1.82, 2.24) is 10.2 Å². The van der Waals surface area contributed by atoms with Gasteiger partial charge in [0.25, 0.3) is 0 Å². The lowest BCUT2D eigenvalue weighted by atomic mass is 9.85. The Kier molecular flexibility index (Phi) is 7.63. The summed E-state index contributed by atoms with van der Waals surface area (Å²) >= 11 is 0. The van der Waals surface area contributed by atoms with Gasteiger partial charge in [-0.1, -0.05) is 42.0 Å². The van der Waals surface area contributed by atoms with E-state index in [0.717, 1.165) is 30.7 Å². The Balaban J connectivity index is 1.53. The molecule has 0 aliphatic carbocycles. The highest BCUT2D eigenvalue weighted by atomic mass is 16.5. The molecule has 1 aliphatic rings. The summed E-state index contributed by atoms with van der Waals surface area (Å²) in [5.41, 5.74) is 3.03. The summed E-state index contributed by atoms with van der Waals surface area (Å²) in [5.74, 6) is 1.14. The quantitative estimate of drug-likeness (QED) is 0.666. The van der Waals surface area contributed by atoms with Gasteiger partial charge in [0.15, 0.2) is 5.78 Å². The lowest BCUT2D eigenvalue weighted by Crippen LogP contribution is -2.41. The highest BCUT2D eigenvalue weighted by Gasteiger charge is 2.30. The number of aryl methyl sites for hydroxylation is 1. The maximum atomic E-state index is 12.4. The van der Waals surface area contributed by atoms with Crippen LogP contribution >= 0.6 is 0 Å². The highest BCUT2D eigenvalue weighted by molar-refractivity contribution is 5.97. The molecule has 2 unspecified atom stereocenters. The summed E-state index contributed by atoms with van der Waals surface area (Å²) < 4.78 is 5.27. The van der Waals surface area contributed by atoms with Crippen LogP contribution in [0.1, 0.15) is 53.2 Å². The number of ether oxygens (including phenoxy) is 1. The second-order valence-electron chi connectivity index (χ2n) is 8.19. The molecule has 30 heavy (non-hydrogen) atoms. The van der Waals surface area contributed by atoms with Gasteiger partial charge in [0.1, 0.15) is 5.75 Å². The normalized spacial score (nSPS) is 19.3. The fraction of sp³-hybridized carbons (Fsp3) is 0.440. The first-order valence-electron chi connectivity index (χ1n) is 10.7. The molecule has 5 heteroatoms. The van der Waals surface area contributed by atoms with Crippen LogP contribution in [0.15, 0.2) is 48.5 Å². The molecule has 0 aromatic heterocycles. The minimum Gasteiger partial charge on any atom is -0.497 e. The van der Waals surface area contributed by atoms with Crippen molar-refractivity contribution in [2.45, 2.75) is 38.6 Å². The lowest BCUT2D eigenvalue weighted by Gasteiger charge is -2.39. The Morgan fingerprint density at radius 3 is 2.43 bits per heavy atom. The molecule has 1 heterocycles. The lowest BCUT2D eigenvalue weighted by molar-refractivity contribution is -0.121. The number of nitrogens with zero attached hydrogens (tertiary/aromatic N) is 1. The number of likely N-dealkylation sites (tertiary alicyclic amines) is 1. The van der Waals surface area contributed by atoms with Crippen molar-refractivity contribution in [3.05, 3.63) is 65.2 Å². The number of hydrogen-bond donors (Lipinski definition) is 1. The van der Waals surface area contributed by atoms with E-state index in [0.29, 0.717) is 18.0 Å². The van der Waals surface area contributed by atoms with Crippen molar-refractivity contribution in [1.29, 1.82) is 0 Å². The van der Waals surface area contributed by atoms with Crippen molar-refractivity contribution >= 4 is 11.7 Å². The van der Waals surface area contributed by atoms with Crippen molar-refractivity contribution in [2.75, 3.05) is 27.2 Å². The van der Waals surface area contributed by atoms with Gasteiger partial charge in [-0.15, -0.1) is 0 Å². The number of ketones is 1. The van der Waals surface area contributed by atoms with Crippen LogP contribution in [-0.2, 0) is 4.79 Å². The van der Waals surface area contributed by atoms with E-state index < -0.39 is 0 Å². The summed E-state index contributed by atoms with van der Waals surface area (Å²) in [7, 11) is 3.81. The van der Waals surface area contributed by atoms with Gasteiger partial charge in [0.05, 0.1) is 7.11 Å². The van der Waals surface area contributed by atoms with Crippen LogP contribution < -0.4 is 10.1 Å². The fourth-order valence-corrected chi connectivity index (χ4v) is 4.25. The predicted octanol–water partition coefficient (Wildman–Crippen LogP) is 4.17. The first-order valence-corrected chi connectivity index (χ1v) is 10.7. The van der Waals surface area contributed by atoms with Crippen LogP contribution in [0.3, 0.4) is 0 Å². The molecule has 5 nitrogen and oxygen atoms in total. The summed E-state index contributed by atoms with van der Waals surface area (Å²) in [5, 5.41) is 3.07. The van der Waals surface area contributed by atoms with E-state index in [1.54, 1.807) is 7.11 Å². The average molecular weight is 409 g/mol. The van der Waals surface area contributed by atoms with Crippen molar-refractivity contribution < 1.29 is 14.3 Å². The molecule has 2 aromatic rings. The largest absolute Gasteiger partial charge is 0.497 e. The Morgan fingerprint density at radius 2 is 1.77 bits per heavy atom. The van der Waals surface area contributed by atoms with E-state index in [2.05, 4.69) is 29.4 Å². The van der Waals surface area contributed by atoms with E-state index in [1.807, 2.05) is 43.3 Å². The SMILES string of the molecule is COc1ccc(C2C(CNC(=O)CCC(=O)c3ccc(C)cc3)CCCN2C)cc1. The van der Waals surface area contributed by atoms with Gasteiger partial charge in [0.2, 0.25) is 5.91 Å². The smallest absolute Gasteiger partial charge is 0.220 e. The molecule has 3 rings (SSSR count). The molecule has 1 amide bonds. The first-order chi connectivity index (χ1) is 14.5. The van der Waals surface area contributed by atoms with Gasteiger partial charge in [-0.2, -0.15) is 0 Å². The Hall–Kier alpha value is -2.66. The van der Waals surface area contributed by atoms with Gasteiger partial charge in [-0.05, 0) is 57.0 Å².